The quantitative estimate of drug-likeness (QED) is 0.508. The lowest BCUT2D eigenvalue weighted by molar-refractivity contribution is -0.112. The summed E-state index contributed by atoms with van der Waals surface area (Å²) in [6.45, 7) is 0. The zero-order chi connectivity index (χ0) is 16.6. The normalized spacial score (nSPS) is 92.8. The summed E-state index contributed by atoms with van der Waals surface area (Å²) in [7, 11) is 0. The largest absolute Gasteiger partial charge is 0.303 e. The molecular weight excluding hydrogens is 119 g/mol. The fourth-order valence-corrected chi connectivity index (χ4v) is 0.348. The number of carbonyl (C=O) groups excluding carboxylic acids is 1. The number of hydrogen-bond donors (Lipinski definition) is 0. The summed E-state index contributed by atoms with van der Waals surface area (Å²) in [4.78, 5) is 11.2. The van der Waals surface area contributed by atoms with Crippen LogP contribution >= 0.6 is 0 Å². The first kappa shape index (κ1) is 1.29. The van der Waals surface area contributed by atoms with Crippen LogP contribution < -0.4 is 0 Å². The summed E-state index contributed by atoms with van der Waals surface area (Å²) in [5.41, 5.74) is 0. The van der Waals surface area contributed by atoms with Gasteiger partial charge in [-0.25, -0.2) is 4.39 Å². The van der Waals surface area contributed by atoms with Crippen molar-refractivity contribution in [1.82, 2.24) is 0 Å². The van der Waals surface area contributed by atoms with Gasteiger partial charge in [0.15, 0.2) is 0 Å². The Labute approximate surface area is 69.7 Å². The molecule has 0 aromatic rings. The van der Waals surface area contributed by atoms with Gasteiger partial charge in [0.1, 0.15) is 13.8 Å². The molecule has 2 heteroatoms. The summed E-state index contributed by atoms with van der Waals surface area (Å²) in [6.07, 6.45) is -22.6. The highest BCUT2D eigenvalue weighted by Gasteiger charge is 2.19. The molecule has 0 unspecified atom stereocenters. The molecule has 0 spiro atoms. The molecule has 1 rings (SSSR count). The van der Waals surface area contributed by atoms with Crippen LogP contribution in [0.2, 0.25) is 0 Å². The SMILES string of the molecule is [2H]C(=O)C1([2H])C([2H])([2H])C([2H])([2H])C([2H])(F)C([2H])([2H])C1([2H])[2H]. The second-order valence-electron chi connectivity index (χ2n) is 1.29. The predicted octanol–water partition coefficient (Wildman–Crippen LogP) is 1.71. The number of hydrogen-bond acceptors (Lipinski definition) is 1. The standard InChI is InChI=1S/C7H11FO/c8-7-3-1-6(5-9)2-4-7/h5-7H,1-4H2/i1D2,2D2,3D2,4D2,5D,6D,7D. The van der Waals surface area contributed by atoms with E-state index in [1.54, 1.807) is 0 Å². The van der Waals surface area contributed by atoms with Crippen LogP contribution in [0.1, 0.15) is 40.6 Å². The van der Waals surface area contributed by atoms with Crippen molar-refractivity contribution in [3.63, 3.8) is 0 Å². The molecular formula is C7H11FO. The Bertz CT molecular complexity index is 426. The van der Waals surface area contributed by atoms with E-state index in [4.69, 9.17) is 15.1 Å². The van der Waals surface area contributed by atoms with Crippen LogP contribution in [-0.2, 0) is 4.79 Å². The highest BCUT2D eigenvalue weighted by Crippen LogP contribution is 2.24. The van der Waals surface area contributed by atoms with Gasteiger partial charge in [-0.1, -0.05) is 0 Å². The van der Waals surface area contributed by atoms with Crippen molar-refractivity contribution < 1.29 is 24.3 Å². The van der Waals surface area contributed by atoms with Gasteiger partial charge in [0.25, 0.3) is 0 Å². The van der Waals surface area contributed by atoms with Crippen LogP contribution in [0.25, 0.3) is 0 Å². The van der Waals surface area contributed by atoms with E-state index in [2.05, 4.69) is 0 Å². The Morgan fingerprint density at radius 2 is 2.22 bits per heavy atom. The van der Waals surface area contributed by atoms with Crippen LogP contribution in [-0.4, -0.2) is 12.4 Å². The minimum atomic E-state index is -4.41. The Morgan fingerprint density at radius 1 is 1.67 bits per heavy atom. The van der Waals surface area contributed by atoms with E-state index >= 15 is 0 Å². The van der Waals surface area contributed by atoms with Crippen molar-refractivity contribution in [2.75, 3.05) is 0 Å². The predicted molar refractivity (Wildman–Crippen MR) is 32.9 cm³/mol. The Balaban J connectivity index is 3.88. The van der Waals surface area contributed by atoms with Crippen LogP contribution in [0.3, 0.4) is 0 Å². The van der Waals surface area contributed by atoms with Gasteiger partial charge in [0.2, 0.25) is 0 Å². The summed E-state index contributed by atoms with van der Waals surface area (Å²) in [6, 6.07) is 0. The maximum Gasteiger partial charge on any atom is 0.123 e. The molecule has 0 N–H and O–H groups in total. The van der Waals surface area contributed by atoms with E-state index < -0.39 is 43.8 Å². The fraction of sp³-hybridized carbons (Fsp3) is 0.857. The third-order valence-electron chi connectivity index (χ3n) is 0.697. The maximum absolute atomic E-state index is 14.2. The van der Waals surface area contributed by atoms with Gasteiger partial charge in [-0.3, -0.25) is 0 Å². The highest BCUT2D eigenvalue weighted by molar-refractivity contribution is 5.53. The van der Waals surface area contributed by atoms with Crippen LogP contribution in [0.15, 0.2) is 0 Å². The molecule has 0 bridgehead atoms. The average molecular weight is 141 g/mol. The van der Waals surface area contributed by atoms with Crippen molar-refractivity contribution >= 4 is 6.26 Å². The third-order valence-corrected chi connectivity index (χ3v) is 0.697. The molecule has 0 aromatic carbocycles. The second kappa shape index (κ2) is 2.95. The van der Waals surface area contributed by atoms with Crippen LogP contribution in [0.4, 0.5) is 4.39 Å². The fourth-order valence-electron chi connectivity index (χ4n) is 0.348. The van der Waals surface area contributed by atoms with Gasteiger partial charge in [0, 0.05) is 18.2 Å². The first-order valence-corrected chi connectivity index (χ1v) is 2.14. The Kier molecular flexibility index (Phi) is 0.423. The first-order valence-electron chi connectivity index (χ1n) is 7.64. The van der Waals surface area contributed by atoms with E-state index in [0.717, 1.165) is 0 Å². The molecule has 0 aromatic heterocycles. The Morgan fingerprint density at radius 3 is 2.67 bits per heavy atom. The highest BCUT2D eigenvalue weighted by atomic mass is 19.1. The Hall–Kier alpha value is -0.400. The zero-order valence-electron chi connectivity index (χ0n) is 15.3. The molecule has 52 valence electrons. The molecule has 1 nitrogen and oxygen atoms in total. The van der Waals surface area contributed by atoms with Crippen molar-refractivity contribution in [2.24, 2.45) is 5.89 Å². The molecule has 0 saturated heterocycles. The molecule has 0 amide bonds. The molecule has 1 saturated carbocycles. The van der Waals surface area contributed by atoms with E-state index in [0.29, 0.717) is 0 Å². The van der Waals surface area contributed by atoms with E-state index in [9.17, 15) is 9.18 Å². The minimum absolute atomic E-state index is 2.24. The summed E-state index contributed by atoms with van der Waals surface area (Å²) >= 11 is 0. The maximum atomic E-state index is 14.2. The molecule has 0 radical (unpaired) electrons. The van der Waals surface area contributed by atoms with Crippen molar-refractivity contribution in [3.05, 3.63) is 0 Å². The van der Waals surface area contributed by atoms with Crippen molar-refractivity contribution in [1.29, 1.82) is 0 Å². The van der Waals surface area contributed by atoms with Gasteiger partial charge < -0.3 is 4.79 Å². The monoisotopic (exact) mass is 141 g/mol. The summed E-state index contributed by atoms with van der Waals surface area (Å²) < 4.78 is 94.4. The van der Waals surface area contributed by atoms with Crippen molar-refractivity contribution in [2.45, 2.75) is 31.6 Å². The van der Waals surface area contributed by atoms with Gasteiger partial charge in [-0.2, -0.15) is 0 Å². The molecule has 1 fully saturated rings. The number of halogens is 1. The van der Waals surface area contributed by atoms with E-state index in [-0.39, 0.29) is 0 Å². The summed E-state index contributed by atoms with van der Waals surface area (Å²) in [5, 5.41) is 0. The molecule has 0 aliphatic heterocycles. The zero-order valence-corrected chi connectivity index (χ0v) is 4.29. The van der Waals surface area contributed by atoms with Gasteiger partial charge >= 0.3 is 0 Å². The van der Waals surface area contributed by atoms with Gasteiger partial charge in [-0.05, 0) is 25.5 Å². The summed E-state index contributed by atoms with van der Waals surface area (Å²) in [5.74, 6) is -3.87. The smallest absolute Gasteiger partial charge is 0.123 e. The number of rotatable bonds is 1. The number of aldehydes is 1. The van der Waals surface area contributed by atoms with E-state index in [1.807, 2.05) is 0 Å². The third kappa shape index (κ3) is 1.77. The lowest BCUT2D eigenvalue weighted by Crippen LogP contribution is -2.15. The first-order chi connectivity index (χ1) is 8.44. The van der Waals surface area contributed by atoms with Crippen LogP contribution in [0, 0.1) is 5.89 Å². The molecule has 0 heterocycles. The van der Waals surface area contributed by atoms with E-state index in [1.165, 1.54) is 0 Å². The molecule has 1 aliphatic rings. The molecule has 1 aliphatic carbocycles. The van der Waals surface area contributed by atoms with Crippen molar-refractivity contribution in [3.8, 4) is 0 Å². The molecule has 9 heavy (non-hydrogen) atoms. The molecule has 0 atom stereocenters. The van der Waals surface area contributed by atoms with Crippen LogP contribution in [0.5, 0.6) is 0 Å². The average Bonchev–Trinajstić information content (AvgIpc) is 2.24. The minimum Gasteiger partial charge on any atom is -0.303 e. The topological polar surface area (TPSA) is 17.1 Å². The van der Waals surface area contributed by atoms with Gasteiger partial charge in [-0.15, -0.1) is 0 Å². The lowest BCUT2D eigenvalue weighted by atomic mass is 9.89. The van der Waals surface area contributed by atoms with Gasteiger partial charge in [0.05, 0.1) is 1.37 Å². The number of alkyl halides is 1. The lowest BCUT2D eigenvalue weighted by Gasteiger charge is -2.18. The second-order valence-corrected chi connectivity index (χ2v) is 1.29. The number of carbonyl (C=O) groups is 1.